The largest absolute Gasteiger partial charge is 0.397 e. The molecule has 0 bridgehead atoms. The minimum absolute atomic E-state index is 0.781. The van der Waals surface area contributed by atoms with E-state index in [1.165, 1.54) is 0 Å². The Kier molecular flexibility index (Phi) is 2.55. The molecule has 66 valence electrons. The van der Waals surface area contributed by atoms with Gasteiger partial charge in [0, 0.05) is 14.1 Å². The predicted octanol–water partition coefficient (Wildman–Crippen LogP) is 1.47. The van der Waals surface area contributed by atoms with Gasteiger partial charge in [0.15, 0.2) is 0 Å². The van der Waals surface area contributed by atoms with Crippen molar-refractivity contribution in [1.82, 2.24) is 5.01 Å². The summed E-state index contributed by atoms with van der Waals surface area (Å²) in [7, 11) is 3.87. The molecule has 3 nitrogen and oxygen atoms in total. The molecule has 0 aliphatic carbocycles. The second-order valence-electron chi connectivity index (χ2n) is 3.05. The molecule has 3 heteroatoms. The summed E-state index contributed by atoms with van der Waals surface area (Å²) in [6.45, 7) is 2.03. The number of hydrogen-bond acceptors (Lipinski definition) is 3. The smallest absolute Gasteiger partial charge is 0.0749 e. The summed E-state index contributed by atoms with van der Waals surface area (Å²) < 4.78 is 0. The summed E-state index contributed by atoms with van der Waals surface area (Å²) in [5, 5.41) is 1.87. The molecule has 1 rings (SSSR count). The van der Waals surface area contributed by atoms with E-state index in [2.05, 4.69) is 5.43 Å². The van der Waals surface area contributed by atoms with Crippen LogP contribution in [0.25, 0.3) is 0 Å². The average Bonchev–Trinajstić information content (AvgIpc) is 1.97. The minimum Gasteiger partial charge on any atom is -0.397 e. The molecule has 1 aromatic rings. The van der Waals surface area contributed by atoms with Crippen LogP contribution in [0.15, 0.2) is 18.2 Å². The zero-order valence-corrected chi connectivity index (χ0v) is 7.76. The van der Waals surface area contributed by atoms with E-state index in [0.717, 1.165) is 16.9 Å². The van der Waals surface area contributed by atoms with Crippen LogP contribution in [0.2, 0.25) is 0 Å². The molecule has 3 N–H and O–H groups in total. The highest BCUT2D eigenvalue weighted by Gasteiger charge is 2.01. The number of nitrogens with two attached hydrogens (primary N) is 1. The second-order valence-corrected chi connectivity index (χ2v) is 3.05. The third kappa shape index (κ3) is 1.89. The Morgan fingerprint density at radius 2 is 2.00 bits per heavy atom. The molecular weight excluding hydrogens is 150 g/mol. The first kappa shape index (κ1) is 8.87. The van der Waals surface area contributed by atoms with E-state index in [1.807, 2.05) is 44.2 Å². The zero-order valence-electron chi connectivity index (χ0n) is 7.76. The van der Waals surface area contributed by atoms with Crippen molar-refractivity contribution in [3.8, 4) is 0 Å². The van der Waals surface area contributed by atoms with Gasteiger partial charge in [-0.15, -0.1) is 0 Å². The van der Waals surface area contributed by atoms with E-state index < -0.39 is 0 Å². The number of nitrogen functional groups attached to an aromatic ring is 1. The minimum atomic E-state index is 0.781. The maximum atomic E-state index is 5.78. The van der Waals surface area contributed by atoms with Crippen molar-refractivity contribution < 1.29 is 0 Å². The molecule has 0 aliphatic heterocycles. The molecule has 0 atom stereocenters. The van der Waals surface area contributed by atoms with Crippen molar-refractivity contribution >= 4 is 11.4 Å². The fourth-order valence-corrected chi connectivity index (χ4v) is 1.07. The third-order valence-electron chi connectivity index (χ3n) is 1.64. The van der Waals surface area contributed by atoms with Gasteiger partial charge in [-0.25, -0.2) is 5.01 Å². The zero-order chi connectivity index (χ0) is 9.14. The summed E-state index contributed by atoms with van der Waals surface area (Å²) in [5.74, 6) is 0. The first-order valence-corrected chi connectivity index (χ1v) is 3.90. The molecule has 0 fully saturated rings. The lowest BCUT2D eigenvalue weighted by atomic mass is 10.2. The molecule has 0 spiro atoms. The topological polar surface area (TPSA) is 41.3 Å². The number of nitrogens with one attached hydrogen (secondary N) is 1. The van der Waals surface area contributed by atoms with Crippen LogP contribution in [0.1, 0.15) is 5.56 Å². The van der Waals surface area contributed by atoms with Gasteiger partial charge in [-0.05, 0) is 18.6 Å². The Labute approximate surface area is 73.1 Å². The third-order valence-corrected chi connectivity index (χ3v) is 1.64. The van der Waals surface area contributed by atoms with E-state index in [4.69, 9.17) is 5.73 Å². The van der Waals surface area contributed by atoms with Crippen LogP contribution < -0.4 is 11.2 Å². The molecule has 12 heavy (non-hydrogen) atoms. The lowest BCUT2D eigenvalue weighted by Gasteiger charge is -2.17. The maximum Gasteiger partial charge on any atom is 0.0749 e. The van der Waals surface area contributed by atoms with Gasteiger partial charge in [-0.3, -0.25) is 0 Å². The van der Waals surface area contributed by atoms with E-state index in [0.29, 0.717) is 0 Å². The number of hydrogen-bond donors (Lipinski definition) is 2. The number of aryl methyl sites for hydroxylation is 1. The molecule has 1 aromatic carbocycles. The van der Waals surface area contributed by atoms with E-state index in [1.54, 1.807) is 0 Å². The molecular formula is C9H15N3. The van der Waals surface area contributed by atoms with Crippen LogP contribution in [0, 0.1) is 6.92 Å². The Balaban J connectivity index is 2.96. The molecule has 0 unspecified atom stereocenters. The van der Waals surface area contributed by atoms with Crippen molar-refractivity contribution in [2.24, 2.45) is 0 Å². The van der Waals surface area contributed by atoms with Gasteiger partial charge in [-0.2, -0.15) is 0 Å². The molecule has 0 aliphatic rings. The molecule has 0 aromatic heterocycles. The predicted molar refractivity (Wildman–Crippen MR) is 52.9 cm³/mol. The number of para-hydroxylation sites is 1. The van der Waals surface area contributed by atoms with E-state index in [9.17, 15) is 0 Å². The average molecular weight is 165 g/mol. The van der Waals surface area contributed by atoms with Crippen LogP contribution in [-0.4, -0.2) is 19.1 Å². The highest BCUT2D eigenvalue weighted by molar-refractivity contribution is 5.69. The van der Waals surface area contributed by atoms with Gasteiger partial charge < -0.3 is 11.2 Å². The summed E-state index contributed by atoms with van der Waals surface area (Å²) in [6.07, 6.45) is 0. The molecule has 0 amide bonds. The normalized spacial score (nSPS) is 10.3. The van der Waals surface area contributed by atoms with Crippen LogP contribution in [0.5, 0.6) is 0 Å². The van der Waals surface area contributed by atoms with Gasteiger partial charge in [0.05, 0.1) is 11.4 Å². The molecule has 0 heterocycles. The van der Waals surface area contributed by atoms with Crippen LogP contribution in [-0.2, 0) is 0 Å². The lowest BCUT2D eigenvalue weighted by molar-refractivity contribution is 0.495. The molecule has 0 saturated carbocycles. The van der Waals surface area contributed by atoms with Crippen LogP contribution >= 0.6 is 0 Å². The quantitative estimate of drug-likeness (QED) is 0.515. The second kappa shape index (κ2) is 3.45. The fraction of sp³-hybridized carbons (Fsp3) is 0.333. The fourth-order valence-electron chi connectivity index (χ4n) is 1.07. The molecule has 0 radical (unpaired) electrons. The van der Waals surface area contributed by atoms with Crippen molar-refractivity contribution in [3.05, 3.63) is 23.8 Å². The van der Waals surface area contributed by atoms with Gasteiger partial charge in [0.2, 0.25) is 0 Å². The summed E-state index contributed by atoms with van der Waals surface area (Å²) >= 11 is 0. The first-order valence-electron chi connectivity index (χ1n) is 3.90. The van der Waals surface area contributed by atoms with Gasteiger partial charge in [0.25, 0.3) is 0 Å². The highest BCUT2D eigenvalue weighted by Crippen LogP contribution is 2.22. The van der Waals surface area contributed by atoms with Gasteiger partial charge in [0.1, 0.15) is 0 Å². The monoisotopic (exact) mass is 165 g/mol. The summed E-state index contributed by atoms with van der Waals surface area (Å²) in [5.41, 5.74) is 11.9. The molecule has 0 saturated heterocycles. The Morgan fingerprint density at radius 3 is 2.50 bits per heavy atom. The number of benzene rings is 1. The standard InChI is InChI=1S/C9H15N3/c1-7-5-4-6-8(10)9(7)11-12(2)3/h4-6,11H,10H2,1-3H3. The van der Waals surface area contributed by atoms with Crippen molar-refractivity contribution in [3.63, 3.8) is 0 Å². The number of rotatable bonds is 2. The number of nitrogens with zero attached hydrogens (tertiary/aromatic N) is 1. The Bertz CT molecular complexity index is 248. The summed E-state index contributed by atoms with van der Waals surface area (Å²) in [6, 6.07) is 5.87. The van der Waals surface area contributed by atoms with Gasteiger partial charge >= 0.3 is 0 Å². The Morgan fingerprint density at radius 1 is 1.33 bits per heavy atom. The van der Waals surface area contributed by atoms with Crippen LogP contribution in [0.3, 0.4) is 0 Å². The van der Waals surface area contributed by atoms with Crippen molar-refractivity contribution in [2.75, 3.05) is 25.3 Å². The number of anilines is 2. The van der Waals surface area contributed by atoms with Crippen molar-refractivity contribution in [2.45, 2.75) is 6.92 Å². The highest BCUT2D eigenvalue weighted by atomic mass is 15.5. The SMILES string of the molecule is Cc1cccc(N)c1NN(C)C. The van der Waals surface area contributed by atoms with Crippen LogP contribution in [0.4, 0.5) is 11.4 Å². The number of hydrazine groups is 1. The summed E-state index contributed by atoms with van der Waals surface area (Å²) in [4.78, 5) is 0. The Hall–Kier alpha value is -1.22. The van der Waals surface area contributed by atoms with E-state index >= 15 is 0 Å². The first-order chi connectivity index (χ1) is 5.61. The van der Waals surface area contributed by atoms with Gasteiger partial charge in [-0.1, -0.05) is 12.1 Å². The van der Waals surface area contributed by atoms with Crippen molar-refractivity contribution in [1.29, 1.82) is 0 Å². The van der Waals surface area contributed by atoms with E-state index in [-0.39, 0.29) is 0 Å². The maximum absolute atomic E-state index is 5.78. The lowest BCUT2D eigenvalue weighted by Crippen LogP contribution is -2.21.